The Labute approximate surface area is 130 Å². The lowest BCUT2D eigenvalue weighted by Gasteiger charge is -2.41. The van der Waals surface area contributed by atoms with Gasteiger partial charge in [-0.05, 0) is 81.3 Å². The molecule has 1 N–H and O–H groups in total. The van der Waals surface area contributed by atoms with Gasteiger partial charge in [0, 0.05) is 9.92 Å². The van der Waals surface area contributed by atoms with Crippen molar-refractivity contribution in [1.29, 1.82) is 0 Å². The summed E-state index contributed by atoms with van der Waals surface area (Å²) >= 11 is 8.05. The SMILES string of the molecule is CN1CCC([C@@]2(O)CCCSc3ccc(Cl)cc32)CC1. The van der Waals surface area contributed by atoms with Crippen LogP contribution in [0.1, 0.15) is 31.2 Å². The molecule has 0 spiro atoms. The van der Waals surface area contributed by atoms with Crippen molar-refractivity contribution < 1.29 is 5.11 Å². The van der Waals surface area contributed by atoms with Gasteiger partial charge in [-0.3, -0.25) is 0 Å². The molecule has 110 valence electrons. The maximum Gasteiger partial charge on any atom is 0.0937 e. The minimum Gasteiger partial charge on any atom is -0.385 e. The lowest BCUT2D eigenvalue weighted by atomic mass is 9.73. The molecule has 0 bridgehead atoms. The summed E-state index contributed by atoms with van der Waals surface area (Å²) in [6.45, 7) is 2.16. The highest BCUT2D eigenvalue weighted by atomic mass is 35.5. The Morgan fingerprint density at radius 1 is 1.35 bits per heavy atom. The maximum absolute atomic E-state index is 11.4. The van der Waals surface area contributed by atoms with E-state index in [0.717, 1.165) is 55.1 Å². The van der Waals surface area contributed by atoms with Crippen LogP contribution >= 0.6 is 23.4 Å². The van der Waals surface area contributed by atoms with Crippen molar-refractivity contribution in [3.8, 4) is 0 Å². The number of fused-ring (bicyclic) bond motifs is 1. The van der Waals surface area contributed by atoms with Crippen molar-refractivity contribution >= 4 is 23.4 Å². The fraction of sp³-hybridized carbons (Fsp3) is 0.625. The fourth-order valence-corrected chi connectivity index (χ4v) is 4.77. The van der Waals surface area contributed by atoms with Crippen molar-refractivity contribution in [2.75, 3.05) is 25.9 Å². The number of thioether (sulfide) groups is 1. The lowest BCUT2D eigenvalue weighted by Crippen LogP contribution is -2.42. The van der Waals surface area contributed by atoms with Gasteiger partial charge < -0.3 is 10.0 Å². The Kier molecular flexibility index (Phi) is 4.32. The monoisotopic (exact) mass is 311 g/mol. The van der Waals surface area contributed by atoms with Crippen LogP contribution in [0.3, 0.4) is 0 Å². The van der Waals surface area contributed by atoms with Crippen LogP contribution < -0.4 is 0 Å². The van der Waals surface area contributed by atoms with E-state index in [1.807, 2.05) is 23.9 Å². The molecule has 2 aliphatic rings. The molecule has 1 aromatic rings. The van der Waals surface area contributed by atoms with E-state index < -0.39 is 5.60 Å². The molecule has 0 saturated carbocycles. The summed E-state index contributed by atoms with van der Waals surface area (Å²) in [4.78, 5) is 3.57. The fourth-order valence-electron chi connectivity index (χ4n) is 3.54. The highest BCUT2D eigenvalue weighted by Crippen LogP contribution is 2.46. The molecule has 1 saturated heterocycles. The lowest BCUT2D eigenvalue weighted by molar-refractivity contribution is -0.0549. The van der Waals surface area contributed by atoms with Crippen molar-refractivity contribution in [2.45, 2.75) is 36.2 Å². The highest BCUT2D eigenvalue weighted by Gasteiger charge is 2.41. The van der Waals surface area contributed by atoms with Gasteiger partial charge in [0.1, 0.15) is 0 Å². The third kappa shape index (κ3) is 2.74. The molecule has 0 aromatic heterocycles. The number of hydrogen-bond donors (Lipinski definition) is 1. The van der Waals surface area contributed by atoms with E-state index in [4.69, 9.17) is 11.6 Å². The smallest absolute Gasteiger partial charge is 0.0937 e. The number of halogens is 1. The van der Waals surface area contributed by atoms with Gasteiger partial charge in [-0.15, -0.1) is 11.8 Å². The molecule has 0 amide bonds. The molecule has 1 atom stereocenters. The van der Waals surface area contributed by atoms with Crippen LogP contribution in [0.4, 0.5) is 0 Å². The molecule has 1 fully saturated rings. The van der Waals surface area contributed by atoms with E-state index in [0.29, 0.717) is 5.92 Å². The second-order valence-corrected chi connectivity index (χ2v) is 7.67. The molecular weight excluding hydrogens is 290 g/mol. The van der Waals surface area contributed by atoms with Gasteiger partial charge in [0.05, 0.1) is 5.60 Å². The summed E-state index contributed by atoms with van der Waals surface area (Å²) in [5.41, 5.74) is 0.382. The average molecular weight is 312 g/mol. The summed E-state index contributed by atoms with van der Waals surface area (Å²) in [5.74, 6) is 1.44. The molecule has 2 heterocycles. The zero-order valence-corrected chi connectivity index (χ0v) is 13.5. The van der Waals surface area contributed by atoms with Crippen molar-refractivity contribution in [3.05, 3.63) is 28.8 Å². The molecule has 2 nitrogen and oxygen atoms in total. The normalized spacial score (nSPS) is 28.9. The Bertz CT molecular complexity index is 487. The van der Waals surface area contributed by atoms with Crippen LogP contribution in [0, 0.1) is 5.92 Å². The number of aliphatic hydroxyl groups is 1. The van der Waals surface area contributed by atoms with Crippen LogP contribution in [-0.4, -0.2) is 35.9 Å². The number of piperidine rings is 1. The molecule has 3 rings (SSSR count). The van der Waals surface area contributed by atoms with Crippen LogP contribution in [0.2, 0.25) is 5.02 Å². The van der Waals surface area contributed by atoms with Crippen LogP contribution in [0.5, 0.6) is 0 Å². The second-order valence-electron chi connectivity index (χ2n) is 6.09. The number of nitrogens with zero attached hydrogens (tertiary/aromatic N) is 1. The molecule has 20 heavy (non-hydrogen) atoms. The summed E-state index contributed by atoms with van der Waals surface area (Å²) in [5, 5.41) is 12.2. The summed E-state index contributed by atoms with van der Waals surface area (Å²) in [6.07, 6.45) is 4.08. The minimum absolute atomic E-state index is 0.356. The predicted molar refractivity (Wildman–Crippen MR) is 85.5 cm³/mol. The Balaban J connectivity index is 1.97. The quantitative estimate of drug-likeness (QED) is 0.854. The first-order valence-electron chi connectivity index (χ1n) is 7.43. The van der Waals surface area contributed by atoms with E-state index in [-0.39, 0.29) is 0 Å². The average Bonchev–Trinajstić information content (AvgIpc) is 2.60. The number of likely N-dealkylation sites (tertiary alicyclic amines) is 1. The van der Waals surface area contributed by atoms with Gasteiger partial charge in [0.25, 0.3) is 0 Å². The predicted octanol–water partition coefficient (Wildman–Crippen LogP) is 3.76. The van der Waals surface area contributed by atoms with Gasteiger partial charge in [0.2, 0.25) is 0 Å². The van der Waals surface area contributed by atoms with E-state index in [1.165, 1.54) is 4.90 Å². The van der Waals surface area contributed by atoms with E-state index in [1.54, 1.807) is 0 Å². The largest absolute Gasteiger partial charge is 0.385 e. The first kappa shape index (κ1) is 14.7. The van der Waals surface area contributed by atoms with Crippen LogP contribution in [0.15, 0.2) is 23.1 Å². The summed E-state index contributed by atoms with van der Waals surface area (Å²) in [6, 6.07) is 6.01. The van der Waals surface area contributed by atoms with Gasteiger partial charge in [-0.2, -0.15) is 0 Å². The van der Waals surface area contributed by atoms with Gasteiger partial charge >= 0.3 is 0 Å². The topological polar surface area (TPSA) is 23.5 Å². The molecule has 1 aromatic carbocycles. The Morgan fingerprint density at radius 3 is 2.85 bits per heavy atom. The maximum atomic E-state index is 11.4. The van der Waals surface area contributed by atoms with Gasteiger partial charge in [0.15, 0.2) is 0 Å². The minimum atomic E-state index is -0.689. The van der Waals surface area contributed by atoms with E-state index in [9.17, 15) is 5.11 Å². The highest BCUT2D eigenvalue weighted by molar-refractivity contribution is 7.99. The molecule has 0 aliphatic carbocycles. The van der Waals surface area contributed by atoms with Gasteiger partial charge in [-0.1, -0.05) is 11.6 Å². The molecule has 0 radical (unpaired) electrons. The summed E-state index contributed by atoms with van der Waals surface area (Å²) < 4.78 is 0. The van der Waals surface area contributed by atoms with Gasteiger partial charge in [-0.25, -0.2) is 0 Å². The standard InChI is InChI=1S/C16H22ClNOS/c1-18-8-5-12(6-9-18)16(19)7-2-10-20-15-4-3-13(17)11-14(15)16/h3-4,11-12,19H,2,5-10H2,1H3/t16-/m0/s1. The zero-order valence-electron chi connectivity index (χ0n) is 11.9. The first-order chi connectivity index (χ1) is 9.59. The second kappa shape index (κ2) is 5.88. The number of benzene rings is 1. The van der Waals surface area contributed by atoms with E-state index in [2.05, 4.69) is 18.0 Å². The summed E-state index contributed by atoms with van der Waals surface area (Å²) in [7, 11) is 2.16. The third-order valence-corrected chi connectivity index (χ3v) is 6.16. The van der Waals surface area contributed by atoms with Crippen molar-refractivity contribution in [3.63, 3.8) is 0 Å². The first-order valence-corrected chi connectivity index (χ1v) is 8.80. The molecule has 2 aliphatic heterocycles. The van der Waals surface area contributed by atoms with Crippen LogP contribution in [-0.2, 0) is 5.60 Å². The molecule has 0 unspecified atom stereocenters. The Morgan fingerprint density at radius 2 is 2.10 bits per heavy atom. The van der Waals surface area contributed by atoms with Crippen LogP contribution in [0.25, 0.3) is 0 Å². The number of rotatable bonds is 1. The zero-order chi connectivity index (χ0) is 14.2. The van der Waals surface area contributed by atoms with E-state index >= 15 is 0 Å². The molecule has 4 heteroatoms. The third-order valence-electron chi connectivity index (χ3n) is 4.76. The van der Waals surface area contributed by atoms with Crippen molar-refractivity contribution in [1.82, 2.24) is 4.90 Å². The van der Waals surface area contributed by atoms with Crippen molar-refractivity contribution in [2.24, 2.45) is 5.92 Å². The molecular formula is C16H22ClNOS. The Hall–Kier alpha value is -0.220. The number of hydrogen-bond acceptors (Lipinski definition) is 3.